The van der Waals surface area contributed by atoms with Crippen LogP contribution in [-0.4, -0.2) is 48.8 Å². The van der Waals surface area contributed by atoms with Crippen LogP contribution in [0.2, 0.25) is 0 Å². The van der Waals surface area contributed by atoms with Crippen molar-refractivity contribution in [3.8, 4) is 5.69 Å². The third kappa shape index (κ3) is 2.82. The van der Waals surface area contributed by atoms with Crippen molar-refractivity contribution in [1.29, 1.82) is 0 Å². The van der Waals surface area contributed by atoms with Crippen LogP contribution in [0.3, 0.4) is 0 Å². The van der Waals surface area contributed by atoms with E-state index in [1.165, 1.54) is 11.8 Å². The van der Waals surface area contributed by atoms with Crippen molar-refractivity contribution >= 4 is 34.3 Å². The number of fused-ring (bicyclic) bond motifs is 3. The second-order valence-corrected chi connectivity index (χ2v) is 8.89. The quantitative estimate of drug-likeness (QED) is 0.511. The van der Waals surface area contributed by atoms with Crippen molar-refractivity contribution < 1.29 is 4.79 Å². The van der Waals surface area contributed by atoms with E-state index in [1.54, 1.807) is 9.47 Å². The Morgan fingerprint density at radius 2 is 1.87 bits per heavy atom. The Hall–Kier alpha value is -3.13. The van der Waals surface area contributed by atoms with E-state index in [2.05, 4.69) is 10.2 Å². The fraction of sp³-hybridized carbons (Fsp3) is 0.273. The summed E-state index contributed by atoms with van der Waals surface area (Å²) in [5.74, 6) is 0.553. The van der Waals surface area contributed by atoms with Crippen molar-refractivity contribution in [1.82, 2.24) is 24.1 Å². The molecule has 152 valence electrons. The summed E-state index contributed by atoms with van der Waals surface area (Å²) in [7, 11) is 1.82. The van der Waals surface area contributed by atoms with Crippen molar-refractivity contribution in [2.24, 2.45) is 0 Å². The molecule has 7 nitrogen and oxygen atoms in total. The molecule has 0 N–H and O–H groups in total. The van der Waals surface area contributed by atoms with Gasteiger partial charge in [0.05, 0.1) is 21.8 Å². The maximum absolute atomic E-state index is 13.5. The summed E-state index contributed by atoms with van der Waals surface area (Å²) in [6.07, 6.45) is 0.767. The number of amides is 1. The minimum atomic E-state index is -0.192. The van der Waals surface area contributed by atoms with E-state index >= 15 is 0 Å². The van der Waals surface area contributed by atoms with Gasteiger partial charge in [-0.3, -0.25) is 14.0 Å². The van der Waals surface area contributed by atoms with E-state index in [-0.39, 0.29) is 16.7 Å². The number of hydrogen-bond donors (Lipinski definition) is 0. The number of aromatic nitrogens is 4. The number of hydrogen-bond acceptors (Lipinski definition) is 5. The summed E-state index contributed by atoms with van der Waals surface area (Å²) in [6.45, 7) is 4.71. The first-order valence-electron chi connectivity index (χ1n) is 9.84. The van der Waals surface area contributed by atoms with Gasteiger partial charge < -0.3 is 4.90 Å². The Morgan fingerprint density at radius 3 is 2.63 bits per heavy atom. The SMILES string of the molecule is Cc1ccc(C)c(-n2c(=O)c3ccccc3n3c(SC4CCN(C)C4=O)nnc23)c1. The molecule has 30 heavy (non-hydrogen) atoms. The van der Waals surface area contributed by atoms with E-state index in [0.29, 0.717) is 16.3 Å². The summed E-state index contributed by atoms with van der Waals surface area (Å²) in [5, 5.41) is 9.80. The minimum Gasteiger partial charge on any atom is -0.345 e. The first kappa shape index (κ1) is 18.9. The molecule has 0 radical (unpaired) electrons. The van der Waals surface area contributed by atoms with E-state index in [9.17, 15) is 9.59 Å². The number of benzene rings is 2. The minimum absolute atomic E-state index is 0.101. The van der Waals surface area contributed by atoms with Gasteiger partial charge in [0.15, 0.2) is 5.16 Å². The number of carbonyl (C=O) groups excluding carboxylic acids is 1. The average Bonchev–Trinajstić information content (AvgIpc) is 3.29. The average molecular weight is 420 g/mol. The van der Waals surface area contributed by atoms with Crippen LogP contribution in [-0.2, 0) is 4.79 Å². The molecule has 1 amide bonds. The Kier molecular flexibility index (Phi) is 4.39. The smallest absolute Gasteiger partial charge is 0.267 e. The van der Waals surface area contributed by atoms with E-state index in [4.69, 9.17) is 0 Å². The summed E-state index contributed by atoms with van der Waals surface area (Å²) in [4.78, 5) is 27.7. The lowest BCUT2D eigenvalue weighted by molar-refractivity contribution is -0.126. The van der Waals surface area contributed by atoms with Gasteiger partial charge >= 0.3 is 0 Å². The molecular weight excluding hydrogens is 398 g/mol. The van der Waals surface area contributed by atoms with E-state index < -0.39 is 0 Å². The third-order valence-electron chi connectivity index (χ3n) is 5.63. The first-order valence-corrected chi connectivity index (χ1v) is 10.7. The molecule has 1 saturated heterocycles. The van der Waals surface area contributed by atoms with Gasteiger partial charge in [-0.15, -0.1) is 10.2 Å². The summed E-state index contributed by atoms with van der Waals surface area (Å²) in [5.41, 5.74) is 3.43. The molecule has 1 aliphatic rings. The molecule has 5 rings (SSSR count). The van der Waals surface area contributed by atoms with Gasteiger partial charge in [-0.05, 0) is 49.6 Å². The van der Waals surface area contributed by atoms with Gasteiger partial charge in [-0.25, -0.2) is 4.57 Å². The first-order chi connectivity index (χ1) is 14.5. The fourth-order valence-corrected chi connectivity index (χ4v) is 5.09. The Bertz CT molecular complexity index is 1370. The predicted octanol–water partition coefficient (Wildman–Crippen LogP) is 2.97. The lowest BCUT2D eigenvalue weighted by Crippen LogP contribution is -2.24. The largest absolute Gasteiger partial charge is 0.345 e. The van der Waals surface area contributed by atoms with Crippen LogP contribution in [0.4, 0.5) is 0 Å². The zero-order valence-corrected chi connectivity index (χ0v) is 17.8. The number of likely N-dealkylation sites (tertiary alicyclic amines) is 1. The van der Waals surface area contributed by atoms with Crippen LogP contribution in [0.25, 0.3) is 22.4 Å². The second kappa shape index (κ2) is 6.98. The second-order valence-electron chi connectivity index (χ2n) is 7.72. The number of para-hydroxylation sites is 1. The number of carbonyl (C=O) groups is 1. The molecule has 1 fully saturated rings. The normalized spacial score (nSPS) is 16.8. The standard InChI is InChI=1S/C22H21N5O2S/c1-13-8-9-14(2)17(12-13)26-19(28)15-6-4-5-7-16(15)27-21(26)23-24-22(27)30-18-10-11-25(3)20(18)29/h4-9,12,18H,10-11H2,1-3H3. The Labute approximate surface area is 177 Å². The topological polar surface area (TPSA) is 72.5 Å². The number of aryl methyl sites for hydroxylation is 2. The lowest BCUT2D eigenvalue weighted by Gasteiger charge is -2.14. The van der Waals surface area contributed by atoms with Crippen LogP contribution in [0, 0.1) is 13.8 Å². The Balaban J connectivity index is 1.80. The van der Waals surface area contributed by atoms with Crippen LogP contribution >= 0.6 is 11.8 Å². The van der Waals surface area contributed by atoms with Crippen LogP contribution in [0.1, 0.15) is 17.5 Å². The summed E-state index contributed by atoms with van der Waals surface area (Å²) >= 11 is 1.41. The number of thioether (sulfide) groups is 1. The van der Waals surface area contributed by atoms with Gasteiger partial charge in [0, 0.05) is 13.6 Å². The molecule has 2 aromatic carbocycles. The zero-order valence-electron chi connectivity index (χ0n) is 17.0. The zero-order chi connectivity index (χ0) is 21.0. The molecule has 3 heterocycles. The monoisotopic (exact) mass is 419 g/mol. The van der Waals surface area contributed by atoms with Crippen LogP contribution in [0.15, 0.2) is 52.4 Å². The van der Waals surface area contributed by atoms with E-state index in [0.717, 1.165) is 35.3 Å². The molecule has 1 unspecified atom stereocenters. The highest BCUT2D eigenvalue weighted by Gasteiger charge is 2.32. The molecule has 4 aromatic rings. The van der Waals surface area contributed by atoms with Crippen LogP contribution < -0.4 is 5.56 Å². The molecule has 2 aromatic heterocycles. The van der Waals surface area contributed by atoms with Crippen molar-refractivity contribution in [2.45, 2.75) is 30.7 Å². The van der Waals surface area contributed by atoms with Crippen LogP contribution in [0.5, 0.6) is 0 Å². The summed E-state index contributed by atoms with van der Waals surface area (Å²) < 4.78 is 3.53. The molecular formula is C22H21N5O2S. The molecule has 8 heteroatoms. The van der Waals surface area contributed by atoms with Gasteiger partial charge in [0.2, 0.25) is 11.7 Å². The highest BCUT2D eigenvalue weighted by Crippen LogP contribution is 2.31. The molecule has 1 aliphatic heterocycles. The highest BCUT2D eigenvalue weighted by atomic mass is 32.2. The molecule has 0 aliphatic carbocycles. The van der Waals surface area contributed by atoms with Gasteiger partial charge in [-0.1, -0.05) is 36.0 Å². The maximum Gasteiger partial charge on any atom is 0.267 e. The third-order valence-corrected chi connectivity index (χ3v) is 6.82. The van der Waals surface area contributed by atoms with Gasteiger partial charge in [-0.2, -0.15) is 0 Å². The lowest BCUT2D eigenvalue weighted by atomic mass is 10.1. The molecule has 0 bridgehead atoms. The van der Waals surface area contributed by atoms with E-state index in [1.807, 2.05) is 67.8 Å². The van der Waals surface area contributed by atoms with Crippen molar-refractivity contribution in [2.75, 3.05) is 13.6 Å². The summed E-state index contributed by atoms with van der Waals surface area (Å²) in [6, 6.07) is 13.5. The molecule has 1 atom stereocenters. The fourth-order valence-electron chi connectivity index (χ4n) is 3.96. The highest BCUT2D eigenvalue weighted by molar-refractivity contribution is 8.00. The molecule has 0 saturated carbocycles. The number of nitrogens with zero attached hydrogens (tertiary/aromatic N) is 5. The van der Waals surface area contributed by atoms with Crippen molar-refractivity contribution in [3.05, 3.63) is 63.9 Å². The van der Waals surface area contributed by atoms with Gasteiger partial charge in [0.25, 0.3) is 5.56 Å². The maximum atomic E-state index is 13.5. The Morgan fingerprint density at radius 1 is 1.07 bits per heavy atom. The van der Waals surface area contributed by atoms with Gasteiger partial charge in [0.1, 0.15) is 0 Å². The predicted molar refractivity (Wildman–Crippen MR) is 117 cm³/mol. The number of rotatable bonds is 3. The van der Waals surface area contributed by atoms with Crippen molar-refractivity contribution in [3.63, 3.8) is 0 Å². The molecule has 0 spiro atoms.